The summed E-state index contributed by atoms with van der Waals surface area (Å²) >= 11 is 0. The largest absolute Gasteiger partial charge is 0.337 e. The van der Waals surface area contributed by atoms with Gasteiger partial charge in [-0.3, -0.25) is 0 Å². The Balaban J connectivity index is 1.89. The van der Waals surface area contributed by atoms with Gasteiger partial charge in [0.2, 0.25) is 0 Å². The van der Waals surface area contributed by atoms with Crippen LogP contribution >= 0.6 is 0 Å². The van der Waals surface area contributed by atoms with Crippen molar-refractivity contribution >= 4 is 10.9 Å². The Bertz CT molecular complexity index is 860. The van der Waals surface area contributed by atoms with Gasteiger partial charge >= 0.3 is 0 Å². The van der Waals surface area contributed by atoms with Crippen molar-refractivity contribution in [2.75, 3.05) is 0 Å². The number of hydrogen-bond acceptors (Lipinski definition) is 0. The molecule has 1 aliphatic rings. The smallest absolute Gasteiger partial charge is 0.178 e. The fraction of sp³-hybridized carbons (Fsp3) is 0.100. The van der Waals surface area contributed by atoms with E-state index in [-0.39, 0.29) is 6.04 Å². The maximum absolute atomic E-state index is 15.9. The molecule has 2 unspecified atom stereocenters. The van der Waals surface area contributed by atoms with Gasteiger partial charge in [0.05, 0.1) is 6.04 Å². The van der Waals surface area contributed by atoms with E-state index in [2.05, 4.69) is 6.07 Å². The van der Waals surface area contributed by atoms with Gasteiger partial charge in [0.1, 0.15) is 0 Å². The van der Waals surface area contributed by atoms with Gasteiger partial charge in [-0.15, -0.1) is 0 Å². The average Bonchev–Trinajstić information content (AvgIpc) is 3.00. The number of aromatic nitrogens is 1. The highest BCUT2D eigenvalue weighted by molar-refractivity contribution is 5.80. The summed E-state index contributed by atoms with van der Waals surface area (Å²) in [4.78, 5) is 0. The number of benzene rings is 2. The van der Waals surface area contributed by atoms with Gasteiger partial charge in [-0.05, 0) is 29.2 Å². The molecule has 0 saturated heterocycles. The number of halogens is 1. The Hall–Kier alpha value is -2.61. The highest BCUT2D eigenvalue weighted by atomic mass is 19.1. The zero-order valence-corrected chi connectivity index (χ0v) is 12.1. The van der Waals surface area contributed by atoms with Crippen LogP contribution < -0.4 is 0 Å². The molecule has 1 aliphatic carbocycles. The maximum Gasteiger partial charge on any atom is 0.178 e. The molecule has 0 aliphatic heterocycles. The molecule has 2 atom stereocenters. The molecule has 1 heterocycles. The monoisotopic (exact) mass is 289 g/mol. The molecule has 0 bridgehead atoms. The van der Waals surface area contributed by atoms with Gasteiger partial charge in [0.15, 0.2) is 5.67 Å². The van der Waals surface area contributed by atoms with Crippen LogP contribution in [0.25, 0.3) is 10.9 Å². The highest BCUT2D eigenvalue weighted by Gasteiger charge is 2.39. The SMILES string of the molecule is FC1(c2ccccc2)C=CC=CC1n1ccc2ccccc21. The van der Waals surface area contributed by atoms with Gasteiger partial charge in [0.25, 0.3) is 0 Å². The molecule has 0 saturated carbocycles. The van der Waals surface area contributed by atoms with E-state index in [0.29, 0.717) is 5.56 Å². The zero-order valence-electron chi connectivity index (χ0n) is 12.1. The first-order chi connectivity index (χ1) is 10.8. The van der Waals surface area contributed by atoms with Crippen molar-refractivity contribution in [1.29, 1.82) is 0 Å². The predicted octanol–water partition coefficient (Wildman–Crippen LogP) is 5.17. The van der Waals surface area contributed by atoms with Crippen molar-refractivity contribution in [3.05, 3.63) is 96.7 Å². The van der Waals surface area contributed by atoms with Crippen LogP contribution in [0.1, 0.15) is 11.6 Å². The van der Waals surface area contributed by atoms with Gasteiger partial charge < -0.3 is 4.57 Å². The van der Waals surface area contributed by atoms with Gasteiger partial charge in [-0.25, -0.2) is 4.39 Å². The predicted molar refractivity (Wildman–Crippen MR) is 88.5 cm³/mol. The van der Waals surface area contributed by atoms with E-state index >= 15 is 4.39 Å². The lowest BCUT2D eigenvalue weighted by molar-refractivity contribution is 0.171. The maximum atomic E-state index is 15.9. The average molecular weight is 289 g/mol. The van der Waals surface area contributed by atoms with Crippen molar-refractivity contribution in [3.63, 3.8) is 0 Å². The van der Waals surface area contributed by atoms with Crippen molar-refractivity contribution in [2.24, 2.45) is 0 Å². The van der Waals surface area contributed by atoms with E-state index in [0.717, 1.165) is 10.9 Å². The molecule has 22 heavy (non-hydrogen) atoms. The molecule has 2 aromatic carbocycles. The third-order valence-electron chi connectivity index (χ3n) is 4.32. The fourth-order valence-corrected chi connectivity index (χ4v) is 3.21. The minimum Gasteiger partial charge on any atom is -0.337 e. The standard InChI is InChI=1S/C20H16FN/c21-20(17-9-2-1-3-10-17)14-7-6-12-19(20)22-15-13-16-8-4-5-11-18(16)22/h1-15,19H. The second kappa shape index (κ2) is 4.99. The van der Waals surface area contributed by atoms with E-state index in [9.17, 15) is 0 Å². The van der Waals surface area contributed by atoms with Gasteiger partial charge in [0, 0.05) is 11.7 Å². The second-order valence-corrected chi connectivity index (χ2v) is 5.60. The first kappa shape index (κ1) is 13.1. The van der Waals surface area contributed by atoms with Crippen molar-refractivity contribution < 1.29 is 4.39 Å². The van der Waals surface area contributed by atoms with Gasteiger partial charge in [-0.2, -0.15) is 0 Å². The molecule has 2 heteroatoms. The number of hydrogen-bond donors (Lipinski definition) is 0. The molecule has 3 aromatic rings. The lowest BCUT2D eigenvalue weighted by atomic mass is 9.84. The first-order valence-corrected chi connectivity index (χ1v) is 7.45. The number of nitrogens with zero attached hydrogens (tertiary/aromatic N) is 1. The Morgan fingerprint density at radius 2 is 1.64 bits per heavy atom. The zero-order chi connectivity index (χ0) is 15.0. The third kappa shape index (κ3) is 1.92. The number of para-hydroxylation sites is 1. The van der Waals surface area contributed by atoms with Crippen LogP contribution in [0.5, 0.6) is 0 Å². The van der Waals surface area contributed by atoms with Gasteiger partial charge in [-0.1, -0.05) is 66.8 Å². The topological polar surface area (TPSA) is 4.93 Å². The minimum absolute atomic E-state index is 0.389. The molecule has 0 amide bonds. The first-order valence-electron chi connectivity index (χ1n) is 7.45. The third-order valence-corrected chi connectivity index (χ3v) is 4.32. The molecule has 1 nitrogen and oxygen atoms in total. The van der Waals surface area contributed by atoms with Crippen molar-refractivity contribution in [1.82, 2.24) is 4.57 Å². The lowest BCUT2D eigenvalue weighted by Gasteiger charge is -2.33. The Morgan fingerprint density at radius 1 is 0.864 bits per heavy atom. The van der Waals surface area contributed by atoms with Crippen LogP contribution in [-0.4, -0.2) is 4.57 Å². The number of fused-ring (bicyclic) bond motifs is 1. The van der Waals surface area contributed by atoms with E-state index in [1.165, 1.54) is 0 Å². The number of allylic oxidation sites excluding steroid dienone is 4. The Kier molecular flexibility index (Phi) is 2.97. The summed E-state index contributed by atoms with van der Waals surface area (Å²) in [6.07, 6.45) is 9.26. The van der Waals surface area contributed by atoms with E-state index in [1.54, 1.807) is 12.2 Å². The van der Waals surface area contributed by atoms with Crippen LogP contribution in [0.4, 0.5) is 4.39 Å². The van der Waals surface area contributed by atoms with Crippen LogP contribution in [0, 0.1) is 0 Å². The Labute approximate surface area is 129 Å². The van der Waals surface area contributed by atoms with Crippen LogP contribution in [0.2, 0.25) is 0 Å². The summed E-state index contributed by atoms with van der Waals surface area (Å²) in [5, 5.41) is 1.13. The summed E-state index contributed by atoms with van der Waals surface area (Å²) in [7, 11) is 0. The van der Waals surface area contributed by atoms with Crippen molar-refractivity contribution in [2.45, 2.75) is 11.7 Å². The molecule has 108 valence electrons. The molecule has 0 fully saturated rings. The Morgan fingerprint density at radius 3 is 2.50 bits per heavy atom. The minimum atomic E-state index is -1.54. The quantitative estimate of drug-likeness (QED) is 0.613. The molecule has 4 rings (SSSR count). The van der Waals surface area contributed by atoms with Crippen LogP contribution in [-0.2, 0) is 5.67 Å². The highest BCUT2D eigenvalue weighted by Crippen LogP contribution is 2.43. The van der Waals surface area contributed by atoms with Crippen LogP contribution in [0.3, 0.4) is 0 Å². The molecule has 0 N–H and O–H groups in total. The summed E-state index contributed by atoms with van der Waals surface area (Å²) in [5.41, 5.74) is 0.182. The number of rotatable bonds is 2. The summed E-state index contributed by atoms with van der Waals surface area (Å²) in [6, 6.07) is 19.1. The summed E-state index contributed by atoms with van der Waals surface area (Å²) in [5.74, 6) is 0. The van der Waals surface area contributed by atoms with E-state index < -0.39 is 5.67 Å². The summed E-state index contributed by atoms with van der Waals surface area (Å²) < 4.78 is 17.9. The van der Waals surface area contributed by atoms with E-state index in [4.69, 9.17) is 0 Å². The normalized spacial score (nSPS) is 24.0. The fourth-order valence-electron chi connectivity index (χ4n) is 3.21. The molecule has 0 radical (unpaired) electrons. The molecular formula is C20H16FN. The van der Waals surface area contributed by atoms with Crippen LogP contribution in [0.15, 0.2) is 91.2 Å². The van der Waals surface area contributed by atoms with Crippen molar-refractivity contribution in [3.8, 4) is 0 Å². The molecule has 0 spiro atoms. The van der Waals surface area contributed by atoms with E-state index in [1.807, 2.05) is 77.5 Å². The summed E-state index contributed by atoms with van der Waals surface area (Å²) in [6.45, 7) is 0. The number of alkyl halides is 1. The molecule has 1 aromatic heterocycles. The molecular weight excluding hydrogens is 273 g/mol. The second-order valence-electron chi connectivity index (χ2n) is 5.60. The lowest BCUT2D eigenvalue weighted by Crippen LogP contribution is -2.30.